The Morgan fingerprint density at radius 1 is 1.45 bits per heavy atom. The summed E-state index contributed by atoms with van der Waals surface area (Å²) in [4.78, 5) is 11.7. The van der Waals surface area contributed by atoms with Gasteiger partial charge in [-0.2, -0.15) is 0 Å². The topological polar surface area (TPSA) is 50.4 Å². The standard InChI is InChI=1S/C16H24N2O2/c1-5-13(4)18-16(19)10-17-14-7-6-8-15(9-14)20-11-12(2)3/h6-9,13,17H,2,5,10-11H2,1,3-4H3,(H,18,19). The first-order valence-corrected chi connectivity index (χ1v) is 6.91. The fourth-order valence-corrected chi connectivity index (χ4v) is 1.51. The molecule has 0 aromatic heterocycles. The molecule has 0 fully saturated rings. The van der Waals surface area contributed by atoms with Crippen molar-refractivity contribution in [2.75, 3.05) is 18.5 Å². The van der Waals surface area contributed by atoms with Crippen LogP contribution in [-0.4, -0.2) is 25.1 Å². The van der Waals surface area contributed by atoms with E-state index in [-0.39, 0.29) is 18.5 Å². The lowest BCUT2D eigenvalue weighted by molar-refractivity contribution is -0.120. The Morgan fingerprint density at radius 3 is 2.85 bits per heavy atom. The van der Waals surface area contributed by atoms with Crippen molar-refractivity contribution in [1.29, 1.82) is 0 Å². The molecule has 0 aliphatic heterocycles. The van der Waals surface area contributed by atoms with Gasteiger partial charge < -0.3 is 15.4 Å². The van der Waals surface area contributed by atoms with Crippen LogP contribution >= 0.6 is 0 Å². The summed E-state index contributed by atoms with van der Waals surface area (Å²) in [5, 5.41) is 6.00. The number of nitrogens with one attached hydrogen (secondary N) is 2. The van der Waals surface area contributed by atoms with Gasteiger partial charge in [-0.25, -0.2) is 0 Å². The highest BCUT2D eigenvalue weighted by molar-refractivity contribution is 5.81. The predicted molar refractivity (Wildman–Crippen MR) is 83.1 cm³/mol. The molecule has 1 amide bonds. The van der Waals surface area contributed by atoms with Crippen LogP contribution in [0.1, 0.15) is 27.2 Å². The minimum Gasteiger partial charge on any atom is -0.489 e. The first kappa shape index (κ1) is 16.1. The molecular weight excluding hydrogens is 252 g/mol. The Hall–Kier alpha value is -1.97. The molecule has 0 spiro atoms. The van der Waals surface area contributed by atoms with Crippen LogP contribution in [-0.2, 0) is 4.79 Å². The third-order valence-electron chi connectivity index (χ3n) is 2.79. The molecule has 0 saturated carbocycles. The first-order chi connectivity index (χ1) is 9.51. The number of hydrogen-bond donors (Lipinski definition) is 2. The summed E-state index contributed by atoms with van der Waals surface area (Å²) in [6.07, 6.45) is 0.927. The molecule has 1 aromatic rings. The summed E-state index contributed by atoms with van der Waals surface area (Å²) >= 11 is 0. The lowest BCUT2D eigenvalue weighted by Gasteiger charge is -2.13. The van der Waals surface area contributed by atoms with Crippen LogP contribution in [0.5, 0.6) is 5.75 Å². The third-order valence-corrected chi connectivity index (χ3v) is 2.79. The molecule has 4 nitrogen and oxygen atoms in total. The molecule has 4 heteroatoms. The van der Waals surface area contributed by atoms with Crippen LogP contribution in [0.2, 0.25) is 0 Å². The Bertz CT molecular complexity index is 458. The van der Waals surface area contributed by atoms with E-state index in [4.69, 9.17) is 4.74 Å². The van der Waals surface area contributed by atoms with E-state index in [1.165, 1.54) is 0 Å². The Kier molecular flexibility index (Phi) is 6.64. The molecule has 0 bridgehead atoms. The smallest absolute Gasteiger partial charge is 0.239 e. The summed E-state index contributed by atoms with van der Waals surface area (Å²) in [7, 11) is 0. The Balaban J connectivity index is 2.45. The van der Waals surface area contributed by atoms with Gasteiger partial charge in [0.15, 0.2) is 0 Å². The number of ether oxygens (including phenoxy) is 1. The van der Waals surface area contributed by atoms with Crippen molar-refractivity contribution in [3.63, 3.8) is 0 Å². The van der Waals surface area contributed by atoms with E-state index < -0.39 is 0 Å². The summed E-state index contributed by atoms with van der Waals surface area (Å²) in [5.74, 6) is 0.757. The van der Waals surface area contributed by atoms with Crippen molar-refractivity contribution in [3.8, 4) is 5.75 Å². The van der Waals surface area contributed by atoms with E-state index >= 15 is 0 Å². The van der Waals surface area contributed by atoms with Gasteiger partial charge in [-0.3, -0.25) is 4.79 Å². The summed E-state index contributed by atoms with van der Waals surface area (Å²) < 4.78 is 5.56. The zero-order valence-corrected chi connectivity index (χ0v) is 12.5. The van der Waals surface area contributed by atoms with Crippen LogP contribution in [0, 0.1) is 0 Å². The van der Waals surface area contributed by atoms with Gasteiger partial charge in [-0.15, -0.1) is 0 Å². The average Bonchev–Trinajstić information content (AvgIpc) is 2.43. The zero-order valence-electron chi connectivity index (χ0n) is 12.5. The van der Waals surface area contributed by atoms with Crippen molar-refractivity contribution in [2.24, 2.45) is 0 Å². The monoisotopic (exact) mass is 276 g/mol. The molecule has 1 atom stereocenters. The highest BCUT2D eigenvalue weighted by atomic mass is 16.5. The van der Waals surface area contributed by atoms with Crippen molar-refractivity contribution >= 4 is 11.6 Å². The van der Waals surface area contributed by atoms with E-state index in [1.807, 2.05) is 45.0 Å². The Labute approximate surface area is 121 Å². The van der Waals surface area contributed by atoms with Crippen LogP contribution in [0.25, 0.3) is 0 Å². The summed E-state index contributed by atoms with van der Waals surface area (Å²) in [6, 6.07) is 7.76. The predicted octanol–water partition coefficient (Wildman–Crippen LogP) is 2.97. The molecular formula is C16H24N2O2. The van der Waals surface area contributed by atoms with Gasteiger partial charge in [0.2, 0.25) is 5.91 Å². The molecule has 110 valence electrons. The van der Waals surface area contributed by atoms with Crippen LogP contribution in [0.3, 0.4) is 0 Å². The fourth-order valence-electron chi connectivity index (χ4n) is 1.51. The van der Waals surface area contributed by atoms with Crippen molar-refractivity contribution < 1.29 is 9.53 Å². The largest absolute Gasteiger partial charge is 0.489 e. The van der Waals surface area contributed by atoms with E-state index in [0.29, 0.717) is 6.61 Å². The third kappa shape index (κ3) is 6.27. The van der Waals surface area contributed by atoms with Crippen molar-refractivity contribution in [1.82, 2.24) is 5.32 Å². The van der Waals surface area contributed by atoms with Gasteiger partial charge in [0.1, 0.15) is 12.4 Å². The molecule has 1 rings (SSSR count). The molecule has 1 unspecified atom stereocenters. The fraction of sp³-hybridized carbons (Fsp3) is 0.438. The van der Waals surface area contributed by atoms with E-state index in [2.05, 4.69) is 17.2 Å². The van der Waals surface area contributed by atoms with Gasteiger partial charge in [0.25, 0.3) is 0 Å². The highest BCUT2D eigenvalue weighted by Gasteiger charge is 2.05. The highest BCUT2D eigenvalue weighted by Crippen LogP contribution is 2.17. The normalized spacial score (nSPS) is 11.6. The second-order valence-corrected chi connectivity index (χ2v) is 5.00. The van der Waals surface area contributed by atoms with Gasteiger partial charge in [0.05, 0.1) is 6.54 Å². The van der Waals surface area contributed by atoms with E-state index in [0.717, 1.165) is 23.4 Å². The maximum Gasteiger partial charge on any atom is 0.239 e. The number of anilines is 1. The molecule has 0 saturated heterocycles. The SMILES string of the molecule is C=C(C)COc1cccc(NCC(=O)NC(C)CC)c1. The Morgan fingerprint density at radius 2 is 2.20 bits per heavy atom. The van der Waals surface area contributed by atoms with Crippen LogP contribution < -0.4 is 15.4 Å². The van der Waals surface area contributed by atoms with Gasteiger partial charge in [-0.1, -0.05) is 19.6 Å². The van der Waals surface area contributed by atoms with Gasteiger partial charge in [-0.05, 0) is 38.0 Å². The first-order valence-electron chi connectivity index (χ1n) is 6.91. The zero-order chi connectivity index (χ0) is 15.0. The van der Waals surface area contributed by atoms with E-state index in [1.54, 1.807) is 0 Å². The minimum atomic E-state index is -0.00685. The minimum absolute atomic E-state index is 0.00685. The maximum atomic E-state index is 11.7. The number of benzene rings is 1. The quantitative estimate of drug-likeness (QED) is 0.718. The average molecular weight is 276 g/mol. The molecule has 20 heavy (non-hydrogen) atoms. The molecule has 0 aliphatic rings. The molecule has 0 aliphatic carbocycles. The molecule has 2 N–H and O–H groups in total. The lowest BCUT2D eigenvalue weighted by Crippen LogP contribution is -2.36. The maximum absolute atomic E-state index is 11.7. The number of carbonyl (C=O) groups is 1. The van der Waals surface area contributed by atoms with Crippen LogP contribution in [0.15, 0.2) is 36.4 Å². The molecule has 1 aromatic carbocycles. The van der Waals surface area contributed by atoms with E-state index in [9.17, 15) is 4.79 Å². The second-order valence-electron chi connectivity index (χ2n) is 5.00. The number of amides is 1. The van der Waals surface area contributed by atoms with Crippen molar-refractivity contribution in [3.05, 3.63) is 36.4 Å². The van der Waals surface area contributed by atoms with Gasteiger partial charge >= 0.3 is 0 Å². The summed E-state index contributed by atoms with van der Waals surface area (Å²) in [6.45, 7) is 10.5. The van der Waals surface area contributed by atoms with Crippen molar-refractivity contribution in [2.45, 2.75) is 33.2 Å². The number of hydrogen-bond acceptors (Lipinski definition) is 3. The second kappa shape index (κ2) is 8.25. The number of rotatable bonds is 8. The number of carbonyl (C=O) groups excluding carboxylic acids is 1. The molecule has 0 heterocycles. The molecule has 0 radical (unpaired) electrons. The lowest BCUT2D eigenvalue weighted by atomic mass is 10.2. The summed E-state index contributed by atoms with van der Waals surface area (Å²) in [5.41, 5.74) is 1.83. The van der Waals surface area contributed by atoms with Gasteiger partial charge in [0, 0.05) is 17.8 Å². The van der Waals surface area contributed by atoms with Crippen LogP contribution in [0.4, 0.5) is 5.69 Å².